The van der Waals surface area contributed by atoms with Crippen molar-refractivity contribution in [2.45, 2.75) is 64.4 Å². The maximum Gasteiger partial charge on any atom is 0.314 e. The molecule has 10 heteroatoms. The number of H-pyrrole nitrogens is 1. The summed E-state index contributed by atoms with van der Waals surface area (Å²) < 4.78 is 0. The summed E-state index contributed by atoms with van der Waals surface area (Å²) in [6.07, 6.45) is 1.80. The van der Waals surface area contributed by atoms with Gasteiger partial charge in [-0.05, 0) is 54.7 Å². The van der Waals surface area contributed by atoms with Crippen LogP contribution in [0, 0.1) is 0 Å². The molecule has 1 aromatic heterocycles. The molecule has 1 heterocycles. The number of amides is 4. The molecule has 2 atom stereocenters. The van der Waals surface area contributed by atoms with Crippen LogP contribution in [0.25, 0.3) is 22.0 Å². The number of β-amino-alcohol motifs (C(OH)–C–C–N with tert-alkyl or cyclic N) is 1. The number of aromatic amines is 1. The number of carbonyl (C=O) groups excluding carboxylic acids is 3. The Morgan fingerprint density at radius 1 is 0.889 bits per heavy atom. The average molecular weight is 613 g/mol. The van der Waals surface area contributed by atoms with Crippen LogP contribution in [0.2, 0.25) is 0 Å². The van der Waals surface area contributed by atoms with E-state index in [0.29, 0.717) is 26.1 Å². The molecule has 0 fully saturated rings. The van der Waals surface area contributed by atoms with Crippen molar-refractivity contribution in [3.8, 4) is 11.1 Å². The number of carbonyl (C=O) groups is 3. The quantitative estimate of drug-likeness (QED) is 0.116. The van der Waals surface area contributed by atoms with E-state index in [2.05, 4.69) is 31.6 Å². The van der Waals surface area contributed by atoms with E-state index >= 15 is 0 Å². The van der Waals surface area contributed by atoms with E-state index in [1.54, 1.807) is 14.0 Å². The Kier molecular flexibility index (Phi) is 11.3. The zero-order valence-corrected chi connectivity index (χ0v) is 26.4. The van der Waals surface area contributed by atoms with Crippen molar-refractivity contribution in [1.29, 1.82) is 0 Å². The van der Waals surface area contributed by atoms with Crippen molar-refractivity contribution < 1.29 is 19.5 Å². The molecule has 0 bridgehead atoms. The van der Waals surface area contributed by atoms with Crippen LogP contribution in [0.15, 0.2) is 79.0 Å². The zero-order chi connectivity index (χ0) is 32.4. The van der Waals surface area contributed by atoms with Crippen molar-refractivity contribution in [3.63, 3.8) is 0 Å². The monoisotopic (exact) mass is 612 g/mol. The second-order valence-corrected chi connectivity index (χ2v) is 12.0. The summed E-state index contributed by atoms with van der Waals surface area (Å²) in [6.45, 7) is 6.52. The number of benzene rings is 3. The van der Waals surface area contributed by atoms with Crippen LogP contribution in [0.1, 0.15) is 43.9 Å². The minimum Gasteiger partial charge on any atom is -0.392 e. The fraction of sp³-hybridized carbons (Fsp3) is 0.343. The lowest BCUT2D eigenvalue weighted by Crippen LogP contribution is -2.51. The van der Waals surface area contributed by atoms with Gasteiger partial charge in [-0.3, -0.25) is 9.59 Å². The van der Waals surface area contributed by atoms with E-state index in [9.17, 15) is 19.5 Å². The molecule has 7 N–H and O–H groups in total. The molecule has 3 aromatic carbocycles. The van der Waals surface area contributed by atoms with Crippen LogP contribution in [0.4, 0.5) is 4.79 Å². The number of hydrogen-bond donors (Lipinski definition) is 7. The molecule has 0 saturated carbocycles. The van der Waals surface area contributed by atoms with E-state index in [0.717, 1.165) is 38.7 Å². The lowest BCUT2D eigenvalue weighted by Gasteiger charge is -2.28. The van der Waals surface area contributed by atoms with Crippen LogP contribution in [0.5, 0.6) is 0 Å². The van der Waals surface area contributed by atoms with Gasteiger partial charge in [-0.2, -0.15) is 0 Å². The average Bonchev–Trinajstić information content (AvgIpc) is 3.44. The summed E-state index contributed by atoms with van der Waals surface area (Å²) in [5, 5.41) is 25.2. The molecule has 0 aliphatic carbocycles. The second kappa shape index (κ2) is 15.4. The van der Waals surface area contributed by atoms with E-state index in [-0.39, 0.29) is 24.3 Å². The molecular weight excluding hydrogens is 568 g/mol. The minimum absolute atomic E-state index is 0.138. The summed E-state index contributed by atoms with van der Waals surface area (Å²) in [5.41, 5.74) is 5.24. The van der Waals surface area contributed by atoms with Gasteiger partial charge in [-0.25, -0.2) is 4.79 Å². The number of urea groups is 1. The van der Waals surface area contributed by atoms with Crippen molar-refractivity contribution in [2.24, 2.45) is 0 Å². The Morgan fingerprint density at radius 2 is 1.60 bits per heavy atom. The Labute approximate surface area is 264 Å². The van der Waals surface area contributed by atoms with Gasteiger partial charge in [0.05, 0.1) is 6.10 Å². The summed E-state index contributed by atoms with van der Waals surface area (Å²) >= 11 is 0. The number of nitrogens with one attached hydrogen (secondary N) is 6. The third kappa shape index (κ3) is 9.66. The molecule has 0 radical (unpaired) electrons. The van der Waals surface area contributed by atoms with Crippen molar-refractivity contribution in [2.75, 3.05) is 13.6 Å². The van der Waals surface area contributed by atoms with Gasteiger partial charge < -0.3 is 36.7 Å². The summed E-state index contributed by atoms with van der Waals surface area (Å²) in [5.74, 6) is -0.537. The highest BCUT2D eigenvalue weighted by Crippen LogP contribution is 2.24. The standard InChI is InChI=1S/C35H44N6O4/c1-23(42)19-40-35(2,3)18-32(43)41-31(17-27-22-37-30-12-8-7-11-29(27)30)33(44)38-20-24-13-15-25(16-14-24)28-10-6-5-9-26(28)21-39-34(45)36-4/h5-16,22-23,31,37,40,42H,17-21H2,1-4H3,(H,38,44)(H,41,43)(H2,36,39,45). The number of rotatable bonds is 14. The second-order valence-electron chi connectivity index (χ2n) is 12.0. The van der Waals surface area contributed by atoms with Gasteiger partial charge in [0.25, 0.3) is 0 Å². The lowest BCUT2D eigenvalue weighted by molar-refractivity contribution is -0.129. The third-order valence-corrected chi connectivity index (χ3v) is 7.64. The topological polar surface area (TPSA) is 147 Å². The largest absolute Gasteiger partial charge is 0.392 e. The van der Waals surface area contributed by atoms with Crippen LogP contribution < -0.4 is 26.6 Å². The van der Waals surface area contributed by atoms with Gasteiger partial charge in [0.1, 0.15) is 6.04 Å². The Morgan fingerprint density at radius 3 is 2.33 bits per heavy atom. The van der Waals surface area contributed by atoms with Gasteiger partial charge >= 0.3 is 6.03 Å². The van der Waals surface area contributed by atoms with Gasteiger partial charge in [-0.15, -0.1) is 0 Å². The maximum absolute atomic E-state index is 13.6. The van der Waals surface area contributed by atoms with Crippen LogP contribution in [-0.4, -0.2) is 59.2 Å². The lowest BCUT2D eigenvalue weighted by atomic mass is 9.98. The SMILES string of the molecule is CNC(=O)NCc1ccccc1-c1ccc(CNC(=O)C(Cc2c[nH]c3ccccc23)NC(=O)CC(C)(C)NCC(C)O)cc1. The molecule has 10 nitrogen and oxygen atoms in total. The van der Waals surface area contributed by atoms with E-state index in [4.69, 9.17) is 0 Å². The van der Waals surface area contributed by atoms with Gasteiger partial charge in [0.15, 0.2) is 0 Å². The normalized spacial score (nSPS) is 12.7. The van der Waals surface area contributed by atoms with E-state index in [1.165, 1.54) is 0 Å². The third-order valence-electron chi connectivity index (χ3n) is 7.64. The number of aliphatic hydroxyl groups is 1. The zero-order valence-electron chi connectivity index (χ0n) is 26.4. The summed E-state index contributed by atoms with van der Waals surface area (Å²) in [6, 6.07) is 22.6. The summed E-state index contributed by atoms with van der Waals surface area (Å²) in [7, 11) is 1.58. The highest BCUT2D eigenvalue weighted by Gasteiger charge is 2.27. The number of aromatic nitrogens is 1. The molecule has 0 aliphatic heterocycles. The van der Waals surface area contributed by atoms with Crippen LogP contribution in [-0.2, 0) is 29.1 Å². The summed E-state index contributed by atoms with van der Waals surface area (Å²) in [4.78, 5) is 41.6. The highest BCUT2D eigenvalue weighted by atomic mass is 16.3. The fourth-order valence-corrected chi connectivity index (χ4v) is 5.20. The van der Waals surface area contributed by atoms with Crippen molar-refractivity contribution >= 4 is 28.7 Å². The Balaban J connectivity index is 1.44. The Bertz CT molecular complexity index is 1600. The minimum atomic E-state index is -0.789. The number of aliphatic hydroxyl groups excluding tert-OH is 1. The van der Waals surface area contributed by atoms with Crippen LogP contribution in [0.3, 0.4) is 0 Å². The molecule has 238 valence electrons. The fourth-order valence-electron chi connectivity index (χ4n) is 5.20. The Hall–Kier alpha value is -4.67. The molecule has 0 spiro atoms. The van der Waals surface area contributed by atoms with Gasteiger partial charge in [-0.1, -0.05) is 66.7 Å². The first kappa shape index (κ1) is 33.2. The first-order valence-corrected chi connectivity index (χ1v) is 15.2. The van der Waals surface area contributed by atoms with Crippen molar-refractivity contribution in [3.05, 3.63) is 95.7 Å². The van der Waals surface area contributed by atoms with E-state index in [1.807, 2.05) is 92.8 Å². The first-order chi connectivity index (χ1) is 21.5. The van der Waals surface area contributed by atoms with Gasteiger partial charge in [0, 0.05) is 62.2 Å². The molecule has 0 saturated heterocycles. The molecular formula is C35H44N6O4. The first-order valence-electron chi connectivity index (χ1n) is 15.2. The molecule has 0 aliphatic rings. The molecule has 45 heavy (non-hydrogen) atoms. The van der Waals surface area contributed by atoms with Crippen molar-refractivity contribution in [1.82, 2.24) is 31.6 Å². The molecule has 2 unspecified atom stereocenters. The molecule has 4 rings (SSSR count). The maximum atomic E-state index is 13.6. The smallest absolute Gasteiger partial charge is 0.314 e. The van der Waals surface area contributed by atoms with Gasteiger partial charge in [0.2, 0.25) is 11.8 Å². The highest BCUT2D eigenvalue weighted by molar-refractivity contribution is 5.90. The number of fused-ring (bicyclic) bond motifs is 1. The number of para-hydroxylation sites is 1. The molecule has 4 amide bonds. The van der Waals surface area contributed by atoms with Crippen LogP contribution >= 0.6 is 0 Å². The number of hydrogen-bond acceptors (Lipinski definition) is 5. The van der Waals surface area contributed by atoms with E-state index < -0.39 is 17.7 Å². The predicted molar refractivity (Wildman–Crippen MR) is 177 cm³/mol. The predicted octanol–water partition coefficient (Wildman–Crippen LogP) is 3.75. The molecule has 4 aromatic rings.